The summed E-state index contributed by atoms with van der Waals surface area (Å²) in [6, 6.07) is 12.2. The normalized spacial score (nSPS) is 16.9. The molecule has 2 aromatic rings. The highest BCUT2D eigenvalue weighted by Crippen LogP contribution is 2.18. The van der Waals surface area contributed by atoms with Crippen molar-refractivity contribution in [1.29, 1.82) is 0 Å². The van der Waals surface area contributed by atoms with Crippen molar-refractivity contribution >= 4 is 10.0 Å². The maximum absolute atomic E-state index is 13.3. The van der Waals surface area contributed by atoms with Crippen molar-refractivity contribution in [3.05, 3.63) is 65.7 Å². The Morgan fingerprint density at radius 3 is 2.20 bits per heavy atom. The minimum atomic E-state index is -3.93. The molecule has 0 spiro atoms. The van der Waals surface area contributed by atoms with E-state index in [0.717, 1.165) is 31.8 Å². The smallest absolute Gasteiger partial charge is 0.241 e. The molecule has 0 bridgehead atoms. The lowest BCUT2D eigenvalue weighted by Crippen LogP contribution is -2.44. The van der Waals surface area contributed by atoms with Gasteiger partial charge in [-0.05, 0) is 30.5 Å². The van der Waals surface area contributed by atoms with Crippen LogP contribution in [0.4, 0.5) is 8.78 Å². The number of benzene rings is 2. The molecule has 1 heterocycles. The Morgan fingerprint density at radius 2 is 1.60 bits per heavy atom. The fraction of sp³-hybridized carbons (Fsp3) is 0.333. The second-order valence-electron chi connectivity index (χ2n) is 6.26. The molecule has 3 rings (SSSR count). The van der Waals surface area contributed by atoms with Crippen LogP contribution >= 0.6 is 0 Å². The molecule has 0 atom stereocenters. The van der Waals surface area contributed by atoms with Crippen LogP contribution in [0, 0.1) is 11.6 Å². The van der Waals surface area contributed by atoms with Crippen LogP contribution in [0.1, 0.15) is 18.4 Å². The fourth-order valence-corrected chi connectivity index (χ4v) is 4.37. The summed E-state index contributed by atoms with van der Waals surface area (Å²) in [4.78, 5) is 1.89. The van der Waals surface area contributed by atoms with Crippen LogP contribution in [0.15, 0.2) is 53.4 Å². The van der Waals surface area contributed by atoms with Gasteiger partial charge in [-0.3, -0.25) is 4.90 Å². The van der Waals surface area contributed by atoms with Crippen molar-refractivity contribution in [3.8, 4) is 0 Å². The van der Waals surface area contributed by atoms with E-state index in [1.807, 2.05) is 18.2 Å². The minimum Gasteiger partial charge on any atom is -0.299 e. The highest BCUT2D eigenvalue weighted by Gasteiger charge is 2.25. The molecule has 0 aromatic heterocycles. The second-order valence-corrected chi connectivity index (χ2v) is 7.98. The van der Waals surface area contributed by atoms with Crippen LogP contribution < -0.4 is 4.72 Å². The first-order valence-electron chi connectivity index (χ1n) is 8.17. The fourth-order valence-electron chi connectivity index (χ4n) is 3.02. The third-order valence-electron chi connectivity index (χ3n) is 4.30. The minimum absolute atomic E-state index is 0.233. The van der Waals surface area contributed by atoms with Gasteiger partial charge in [0.1, 0.15) is 11.6 Å². The predicted molar refractivity (Wildman–Crippen MR) is 91.4 cm³/mol. The maximum atomic E-state index is 13.3. The van der Waals surface area contributed by atoms with Crippen molar-refractivity contribution in [2.45, 2.75) is 30.3 Å². The van der Waals surface area contributed by atoms with E-state index in [1.165, 1.54) is 5.56 Å². The summed E-state index contributed by atoms with van der Waals surface area (Å²) < 4.78 is 53.7. The number of nitrogens with one attached hydrogen (secondary N) is 1. The molecule has 1 N–H and O–H groups in total. The average Bonchev–Trinajstić information content (AvgIpc) is 2.56. The highest BCUT2D eigenvalue weighted by molar-refractivity contribution is 7.89. The quantitative estimate of drug-likeness (QED) is 0.885. The molecule has 4 nitrogen and oxygen atoms in total. The largest absolute Gasteiger partial charge is 0.299 e. The van der Waals surface area contributed by atoms with Gasteiger partial charge in [0, 0.05) is 31.7 Å². The zero-order valence-electron chi connectivity index (χ0n) is 13.7. The molecule has 7 heteroatoms. The van der Waals surface area contributed by atoms with E-state index in [2.05, 4.69) is 21.8 Å². The van der Waals surface area contributed by atoms with Gasteiger partial charge >= 0.3 is 0 Å². The monoisotopic (exact) mass is 366 g/mol. The van der Waals surface area contributed by atoms with E-state index in [1.54, 1.807) is 0 Å². The summed E-state index contributed by atoms with van der Waals surface area (Å²) in [6.07, 6.45) is 1.31. The lowest BCUT2D eigenvalue weighted by atomic mass is 10.1. The van der Waals surface area contributed by atoms with E-state index in [9.17, 15) is 17.2 Å². The molecular formula is C18H20F2N2O2S. The number of likely N-dealkylation sites (tertiary alicyclic amines) is 1. The van der Waals surface area contributed by atoms with Gasteiger partial charge < -0.3 is 0 Å². The number of nitrogens with zero attached hydrogens (tertiary/aromatic N) is 1. The predicted octanol–water partition coefficient (Wildman–Crippen LogP) is 2.91. The molecule has 1 saturated heterocycles. The van der Waals surface area contributed by atoms with Crippen LogP contribution in [0.5, 0.6) is 0 Å². The molecule has 1 fully saturated rings. The lowest BCUT2D eigenvalue weighted by molar-refractivity contribution is 0.200. The van der Waals surface area contributed by atoms with Crippen LogP contribution in [-0.2, 0) is 16.6 Å². The van der Waals surface area contributed by atoms with Gasteiger partial charge in [0.15, 0.2) is 0 Å². The summed E-state index contributed by atoms with van der Waals surface area (Å²) in [5.74, 6) is -1.81. The third-order valence-corrected chi connectivity index (χ3v) is 5.80. The molecule has 1 aliphatic heterocycles. The molecule has 134 valence electrons. The van der Waals surface area contributed by atoms with Crippen molar-refractivity contribution < 1.29 is 17.2 Å². The van der Waals surface area contributed by atoms with Gasteiger partial charge in [-0.15, -0.1) is 0 Å². The number of hydrogen-bond donors (Lipinski definition) is 1. The first-order valence-corrected chi connectivity index (χ1v) is 9.65. The van der Waals surface area contributed by atoms with E-state index in [4.69, 9.17) is 0 Å². The van der Waals surface area contributed by atoms with Crippen LogP contribution in [0.25, 0.3) is 0 Å². The maximum Gasteiger partial charge on any atom is 0.241 e. The standard InChI is InChI=1S/C18H20F2N2O2S/c19-15-10-16(20)12-18(11-15)25(23,24)21-17-6-8-22(9-7-17)13-14-4-2-1-3-5-14/h1-5,10-12,17,21H,6-9,13H2. The lowest BCUT2D eigenvalue weighted by Gasteiger charge is -2.32. The van der Waals surface area contributed by atoms with Crippen LogP contribution in [-0.4, -0.2) is 32.4 Å². The molecule has 1 aliphatic rings. The molecule has 0 saturated carbocycles. The number of hydrogen-bond acceptors (Lipinski definition) is 3. The molecule has 25 heavy (non-hydrogen) atoms. The summed E-state index contributed by atoms with van der Waals surface area (Å²) in [6.45, 7) is 2.36. The first-order chi connectivity index (χ1) is 11.9. The SMILES string of the molecule is O=S(=O)(NC1CCN(Cc2ccccc2)CC1)c1cc(F)cc(F)c1. The van der Waals surface area contributed by atoms with E-state index >= 15 is 0 Å². The van der Waals surface area contributed by atoms with Crippen molar-refractivity contribution in [2.75, 3.05) is 13.1 Å². The Hall–Kier alpha value is -1.83. The Labute approximate surface area is 146 Å². The molecule has 2 aromatic carbocycles. The van der Waals surface area contributed by atoms with Gasteiger partial charge in [0.25, 0.3) is 0 Å². The second kappa shape index (κ2) is 7.59. The van der Waals surface area contributed by atoms with Gasteiger partial charge in [-0.2, -0.15) is 0 Å². The van der Waals surface area contributed by atoms with Gasteiger partial charge in [-0.25, -0.2) is 21.9 Å². The summed E-state index contributed by atoms with van der Waals surface area (Å²) in [5, 5.41) is 0. The number of sulfonamides is 1. The molecule has 0 amide bonds. The number of piperidine rings is 1. The summed E-state index contributed by atoms with van der Waals surface area (Å²) in [5.41, 5.74) is 1.22. The Bertz CT molecular complexity index is 800. The van der Waals surface area contributed by atoms with Gasteiger partial charge in [-0.1, -0.05) is 30.3 Å². The average molecular weight is 366 g/mol. The molecular weight excluding hydrogens is 346 g/mol. The van der Waals surface area contributed by atoms with Crippen LogP contribution in [0.3, 0.4) is 0 Å². The van der Waals surface area contributed by atoms with E-state index in [0.29, 0.717) is 18.9 Å². The highest BCUT2D eigenvalue weighted by atomic mass is 32.2. The Morgan fingerprint density at radius 1 is 1.00 bits per heavy atom. The van der Waals surface area contributed by atoms with Crippen molar-refractivity contribution in [1.82, 2.24) is 9.62 Å². The third kappa shape index (κ3) is 4.84. The van der Waals surface area contributed by atoms with E-state index in [-0.39, 0.29) is 10.9 Å². The topological polar surface area (TPSA) is 49.4 Å². The number of rotatable bonds is 5. The Kier molecular flexibility index (Phi) is 5.46. The van der Waals surface area contributed by atoms with E-state index < -0.39 is 21.7 Å². The Balaban J connectivity index is 1.58. The number of halogens is 2. The molecule has 0 aliphatic carbocycles. The van der Waals surface area contributed by atoms with Gasteiger partial charge in [0.05, 0.1) is 4.90 Å². The summed E-state index contributed by atoms with van der Waals surface area (Å²) >= 11 is 0. The van der Waals surface area contributed by atoms with Crippen LogP contribution in [0.2, 0.25) is 0 Å². The molecule has 0 radical (unpaired) electrons. The zero-order chi connectivity index (χ0) is 17.9. The van der Waals surface area contributed by atoms with Crippen molar-refractivity contribution in [2.24, 2.45) is 0 Å². The van der Waals surface area contributed by atoms with Gasteiger partial charge in [0.2, 0.25) is 10.0 Å². The first kappa shape index (κ1) is 18.0. The van der Waals surface area contributed by atoms with Crippen molar-refractivity contribution in [3.63, 3.8) is 0 Å². The molecule has 0 unspecified atom stereocenters. The summed E-state index contributed by atoms with van der Waals surface area (Å²) in [7, 11) is -3.93. The zero-order valence-corrected chi connectivity index (χ0v) is 14.5.